The summed E-state index contributed by atoms with van der Waals surface area (Å²) in [6.07, 6.45) is 3.84. The molecule has 2 N–H and O–H groups in total. The average Bonchev–Trinajstić information content (AvgIpc) is 2.23. The number of nitrogens with one attached hydrogen (secondary N) is 2. The molecule has 0 aromatic carbocycles. The van der Waals surface area contributed by atoms with Gasteiger partial charge in [-0.15, -0.1) is 0 Å². The largest absolute Gasteiger partial charge is 0.370 e. The molecule has 2 rings (SSSR count). The molecule has 18 heavy (non-hydrogen) atoms. The number of anilines is 2. The molecule has 4 heteroatoms. The fourth-order valence-electron chi connectivity index (χ4n) is 1.89. The van der Waals surface area contributed by atoms with E-state index < -0.39 is 0 Å². The second-order valence-corrected chi connectivity index (χ2v) is 6.01. The van der Waals surface area contributed by atoms with Gasteiger partial charge < -0.3 is 10.6 Å². The maximum atomic E-state index is 4.65. The van der Waals surface area contributed by atoms with Crippen molar-refractivity contribution >= 4 is 11.6 Å². The van der Waals surface area contributed by atoms with E-state index in [1.807, 2.05) is 6.07 Å². The predicted molar refractivity (Wildman–Crippen MR) is 76.2 cm³/mol. The quantitative estimate of drug-likeness (QED) is 0.859. The summed E-state index contributed by atoms with van der Waals surface area (Å²) >= 11 is 0. The van der Waals surface area contributed by atoms with Gasteiger partial charge in [0, 0.05) is 24.1 Å². The van der Waals surface area contributed by atoms with Crippen LogP contribution in [-0.4, -0.2) is 22.6 Å². The van der Waals surface area contributed by atoms with Crippen molar-refractivity contribution in [3.05, 3.63) is 11.9 Å². The van der Waals surface area contributed by atoms with Crippen molar-refractivity contribution in [1.29, 1.82) is 0 Å². The van der Waals surface area contributed by atoms with Crippen molar-refractivity contribution in [2.75, 3.05) is 17.2 Å². The fourth-order valence-corrected chi connectivity index (χ4v) is 1.89. The Morgan fingerprint density at radius 3 is 2.39 bits per heavy atom. The van der Waals surface area contributed by atoms with Crippen LogP contribution < -0.4 is 10.6 Å². The highest BCUT2D eigenvalue weighted by Crippen LogP contribution is 2.26. The lowest BCUT2D eigenvalue weighted by molar-refractivity contribution is 0.443. The molecule has 4 nitrogen and oxygen atoms in total. The molecule has 1 heterocycles. The van der Waals surface area contributed by atoms with Crippen LogP contribution in [0.3, 0.4) is 0 Å². The van der Waals surface area contributed by atoms with Crippen LogP contribution in [0.4, 0.5) is 11.6 Å². The Kier molecular flexibility index (Phi) is 3.73. The van der Waals surface area contributed by atoms with E-state index in [1.54, 1.807) is 0 Å². The van der Waals surface area contributed by atoms with E-state index >= 15 is 0 Å². The number of hydrogen-bond acceptors (Lipinski definition) is 4. The zero-order valence-corrected chi connectivity index (χ0v) is 11.9. The van der Waals surface area contributed by atoms with Crippen molar-refractivity contribution in [3.63, 3.8) is 0 Å². The van der Waals surface area contributed by atoms with E-state index in [4.69, 9.17) is 0 Å². The summed E-state index contributed by atoms with van der Waals surface area (Å²) in [6, 6.07) is 2.61. The SMILES string of the molecule is CCNc1cc(NC2CCC2)nc(C(C)(C)C)n1. The zero-order chi connectivity index (χ0) is 13.2. The lowest BCUT2D eigenvalue weighted by Gasteiger charge is -2.28. The van der Waals surface area contributed by atoms with Gasteiger partial charge in [-0.2, -0.15) is 0 Å². The minimum atomic E-state index is -0.0263. The van der Waals surface area contributed by atoms with E-state index in [0.29, 0.717) is 6.04 Å². The maximum absolute atomic E-state index is 4.65. The summed E-state index contributed by atoms with van der Waals surface area (Å²) in [4.78, 5) is 9.23. The first-order valence-corrected chi connectivity index (χ1v) is 6.89. The Morgan fingerprint density at radius 1 is 1.22 bits per heavy atom. The minimum Gasteiger partial charge on any atom is -0.370 e. The highest BCUT2D eigenvalue weighted by Gasteiger charge is 2.21. The Balaban J connectivity index is 2.23. The summed E-state index contributed by atoms with van der Waals surface area (Å²) in [7, 11) is 0. The normalized spacial score (nSPS) is 16.2. The topological polar surface area (TPSA) is 49.8 Å². The summed E-state index contributed by atoms with van der Waals surface area (Å²) in [5, 5.41) is 6.78. The molecule has 0 atom stereocenters. The van der Waals surface area contributed by atoms with Crippen LogP contribution in [0.2, 0.25) is 0 Å². The van der Waals surface area contributed by atoms with Gasteiger partial charge in [-0.25, -0.2) is 9.97 Å². The molecule has 1 fully saturated rings. The molecular weight excluding hydrogens is 224 g/mol. The average molecular weight is 248 g/mol. The van der Waals surface area contributed by atoms with Crippen molar-refractivity contribution in [2.45, 2.75) is 58.4 Å². The van der Waals surface area contributed by atoms with Crippen LogP contribution in [0.1, 0.15) is 52.8 Å². The van der Waals surface area contributed by atoms with E-state index in [0.717, 1.165) is 24.0 Å². The molecule has 0 spiro atoms. The third-order valence-corrected chi connectivity index (χ3v) is 3.21. The minimum absolute atomic E-state index is 0.0263. The summed E-state index contributed by atoms with van der Waals surface area (Å²) in [5.74, 6) is 2.76. The number of aromatic nitrogens is 2. The predicted octanol–water partition coefficient (Wildman–Crippen LogP) is 3.17. The van der Waals surface area contributed by atoms with E-state index in [9.17, 15) is 0 Å². The van der Waals surface area contributed by atoms with Gasteiger partial charge in [-0.3, -0.25) is 0 Å². The lowest BCUT2D eigenvalue weighted by Crippen LogP contribution is -2.28. The molecule has 1 saturated carbocycles. The molecule has 100 valence electrons. The summed E-state index contributed by atoms with van der Waals surface area (Å²) in [5.41, 5.74) is -0.0263. The third kappa shape index (κ3) is 3.12. The van der Waals surface area contributed by atoms with Crippen molar-refractivity contribution in [2.24, 2.45) is 0 Å². The third-order valence-electron chi connectivity index (χ3n) is 3.21. The van der Waals surface area contributed by atoms with Gasteiger partial charge in [0.25, 0.3) is 0 Å². The van der Waals surface area contributed by atoms with Crippen molar-refractivity contribution < 1.29 is 0 Å². The first-order chi connectivity index (χ1) is 8.49. The van der Waals surface area contributed by atoms with Gasteiger partial charge in [0.2, 0.25) is 0 Å². The number of nitrogens with zero attached hydrogens (tertiary/aromatic N) is 2. The van der Waals surface area contributed by atoms with Gasteiger partial charge >= 0.3 is 0 Å². The standard InChI is InChI=1S/C14H24N4/c1-5-15-11-9-12(16-10-7-6-8-10)18-13(17-11)14(2,3)4/h9-10H,5-8H2,1-4H3,(H2,15,16,17,18). The van der Waals surface area contributed by atoms with Gasteiger partial charge in [0.15, 0.2) is 0 Å². The summed E-state index contributed by atoms with van der Waals surface area (Å²) < 4.78 is 0. The van der Waals surface area contributed by atoms with Crippen LogP contribution in [0.5, 0.6) is 0 Å². The monoisotopic (exact) mass is 248 g/mol. The molecular formula is C14H24N4. The molecule has 1 aliphatic rings. The smallest absolute Gasteiger partial charge is 0.138 e. The van der Waals surface area contributed by atoms with Crippen LogP contribution >= 0.6 is 0 Å². The Bertz CT molecular complexity index is 405. The molecule has 1 aromatic heterocycles. The van der Waals surface area contributed by atoms with Crippen LogP contribution in [0.15, 0.2) is 6.07 Å². The van der Waals surface area contributed by atoms with Crippen LogP contribution in [0, 0.1) is 0 Å². The van der Waals surface area contributed by atoms with Crippen molar-refractivity contribution in [1.82, 2.24) is 9.97 Å². The molecule has 0 aliphatic heterocycles. The molecule has 0 unspecified atom stereocenters. The van der Waals surface area contributed by atoms with Crippen LogP contribution in [-0.2, 0) is 5.41 Å². The van der Waals surface area contributed by atoms with E-state index in [-0.39, 0.29) is 5.41 Å². The molecule has 0 radical (unpaired) electrons. The second kappa shape index (κ2) is 5.12. The first kappa shape index (κ1) is 13.1. The molecule has 0 saturated heterocycles. The lowest BCUT2D eigenvalue weighted by atomic mass is 9.93. The number of rotatable bonds is 4. The Labute approximate surface area is 110 Å². The highest BCUT2D eigenvalue weighted by atomic mass is 15.1. The van der Waals surface area contributed by atoms with E-state index in [2.05, 4.69) is 48.3 Å². The van der Waals surface area contributed by atoms with Gasteiger partial charge in [-0.1, -0.05) is 20.8 Å². The fraction of sp³-hybridized carbons (Fsp3) is 0.714. The maximum Gasteiger partial charge on any atom is 0.138 e. The highest BCUT2D eigenvalue weighted by molar-refractivity contribution is 5.48. The molecule has 0 bridgehead atoms. The molecule has 1 aliphatic carbocycles. The Hall–Kier alpha value is -1.32. The van der Waals surface area contributed by atoms with Gasteiger partial charge in [0.1, 0.15) is 17.5 Å². The van der Waals surface area contributed by atoms with Crippen molar-refractivity contribution in [3.8, 4) is 0 Å². The molecule has 0 amide bonds. The first-order valence-electron chi connectivity index (χ1n) is 6.89. The Morgan fingerprint density at radius 2 is 1.89 bits per heavy atom. The number of hydrogen-bond donors (Lipinski definition) is 2. The molecule has 1 aromatic rings. The van der Waals surface area contributed by atoms with Crippen LogP contribution in [0.25, 0.3) is 0 Å². The zero-order valence-electron chi connectivity index (χ0n) is 11.9. The second-order valence-electron chi connectivity index (χ2n) is 6.01. The van der Waals surface area contributed by atoms with E-state index in [1.165, 1.54) is 19.3 Å². The van der Waals surface area contributed by atoms with Gasteiger partial charge in [-0.05, 0) is 26.2 Å². The van der Waals surface area contributed by atoms with Gasteiger partial charge in [0.05, 0.1) is 0 Å². The summed E-state index contributed by atoms with van der Waals surface area (Å²) in [6.45, 7) is 9.39.